The van der Waals surface area contributed by atoms with Crippen molar-refractivity contribution < 1.29 is 18.3 Å². The maximum absolute atomic E-state index is 13.8. The van der Waals surface area contributed by atoms with E-state index in [1.165, 1.54) is 18.2 Å². The molecule has 5 nitrogen and oxygen atoms in total. The van der Waals surface area contributed by atoms with Crippen molar-refractivity contribution >= 4 is 33.4 Å². The highest BCUT2D eigenvalue weighted by Gasteiger charge is 2.16. The Kier molecular flexibility index (Phi) is 5.30. The number of benzene rings is 1. The summed E-state index contributed by atoms with van der Waals surface area (Å²) in [4.78, 5) is 11.7. The van der Waals surface area contributed by atoms with E-state index in [0.29, 0.717) is 22.7 Å². The first-order valence-corrected chi connectivity index (χ1v) is 7.80. The van der Waals surface area contributed by atoms with Crippen LogP contribution < -0.4 is 10.6 Å². The summed E-state index contributed by atoms with van der Waals surface area (Å²) in [5, 5.41) is 5.49. The number of hydrogen-bond acceptors (Lipinski definition) is 4. The van der Waals surface area contributed by atoms with Gasteiger partial charge in [0.1, 0.15) is 17.2 Å². The Morgan fingerprint density at radius 1 is 1.30 bits per heavy atom. The second-order valence-corrected chi connectivity index (χ2v) is 6.66. The summed E-state index contributed by atoms with van der Waals surface area (Å²) in [6.07, 6.45) is -0.593. The van der Waals surface area contributed by atoms with Crippen molar-refractivity contribution in [2.24, 2.45) is 0 Å². The number of nitrogens with one attached hydrogen (secondary N) is 2. The SMILES string of the molecule is CC(C)(C)OC(=O)Nc1ccc(F)c(NCc2ccc(Br)o2)c1. The minimum absolute atomic E-state index is 0.256. The number of hydrogen-bond donors (Lipinski definition) is 2. The van der Waals surface area contributed by atoms with Crippen molar-refractivity contribution in [3.05, 3.63) is 46.6 Å². The van der Waals surface area contributed by atoms with Crippen molar-refractivity contribution in [3.63, 3.8) is 0 Å². The molecule has 0 spiro atoms. The lowest BCUT2D eigenvalue weighted by Gasteiger charge is -2.20. The number of ether oxygens (including phenoxy) is 1. The van der Waals surface area contributed by atoms with Gasteiger partial charge in [0.15, 0.2) is 4.67 Å². The summed E-state index contributed by atoms with van der Waals surface area (Å²) >= 11 is 3.21. The van der Waals surface area contributed by atoms with Gasteiger partial charge >= 0.3 is 6.09 Å². The topological polar surface area (TPSA) is 63.5 Å². The standard InChI is InChI=1S/C16H18BrFN2O3/c1-16(2,3)23-15(21)20-10-4-6-12(18)13(8-10)19-9-11-5-7-14(17)22-11/h4-8,19H,9H2,1-3H3,(H,20,21). The molecule has 0 saturated heterocycles. The van der Waals surface area contributed by atoms with E-state index < -0.39 is 17.5 Å². The maximum Gasteiger partial charge on any atom is 0.412 e. The molecule has 2 aromatic rings. The fourth-order valence-corrected chi connectivity index (χ4v) is 2.13. The molecule has 0 aliphatic rings. The van der Waals surface area contributed by atoms with Crippen LogP contribution in [0.4, 0.5) is 20.6 Å². The fourth-order valence-electron chi connectivity index (χ4n) is 1.79. The molecule has 1 amide bonds. The molecule has 0 atom stereocenters. The molecule has 0 fully saturated rings. The van der Waals surface area contributed by atoms with Crippen molar-refractivity contribution in [2.75, 3.05) is 10.6 Å². The van der Waals surface area contributed by atoms with Gasteiger partial charge < -0.3 is 14.5 Å². The summed E-state index contributed by atoms with van der Waals surface area (Å²) in [6, 6.07) is 7.77. The summed E-state index contributed by atoms with van der Waals surface area (Å²) in [6.45, 7) is 5.63. The zero-order valence-corrected chi connectivity index (χ0v) is 14.7. The lowest BCUT2D eigenvalue weighted by atomic mass is 10.2. The minimum Gasteiger partial charge on any atom is -0.452 e. The predicted molar refractivity (Wildman–Crippen MR) is 90.0 cm³/mol. The maximum atomic E-state index is 13.8. The predicted octanol–water partition coefficient (Wildman–Crippen LogP) is 5.14. The zero-order valence-electron chi connectivity index (χ0n) is 13.1. The first-order chi connectivity index (χ1) is 10.7. The smallest absolute Gasteiger partial charge is 0.412 e. The zero-order chi connectivity index (χ0) is 17.0. The van der Waals surface area contributed by atoms with Gasteiger partial charge in [0.2, 0.25) is 0 Å². The van der Waals surface area contributed by atoms with E-state index in [4.69, 9.17) is 9.15 Å². The van der Waals surface area contributed by atoms with E-state index in [0.717, 1.165) is 0 Å². The van der Waals surface area contributed by atoms with Gasteiger partial charge in [-0.2, -0.15) is 0 Å². The molecule has 124 valence electrons. The molecule has 0 radical (unpaired) electrons. The van der Waals surface area contributed by atoms with Crippen LogP contribution in [0.3, 0.4) is 0 Å². The fraction of sp³-hybridized carbons (Fsp3) is 0.312. The van der Waals surface area contributed by atoms with Gasteiger partial charge in [0, 0.05) is 5.69 Å². The van der Waals surface area contributed by atoms with E-state index in [1.807, 2.05) is 0 Å². The third-order valence-electron chi connectivity index (χ3n) is 2.69. The Morgan fingerprint density at radius 2 is 2.04 bits per heavy atom. The van der Waals surface area contributed by atoms with Gasteiger partial charge in [-0.15, -0.1) is 0 Å². The van der Waals surface area contributed by atoms with Crippen molar-refractivity contribution in [2.45, 2.75) is 32.9 Å². The third-order valence-corrected chi connectivity index (χ3v) is 3.12. The molecule has 2 N–H and O–H groups in total. The van der Waals surface area contributed by atoms with Gasteiger partial charge in [-0.25, -0.2) is 9.18 Å². The average molecular weight is 385 g/mol. The number of halogens is 2. The molecule has 0 aliphatic carbocycles. The van der Waals surface area contributed by atoms with Gasteiger partial charge in [-0.1, -0.05) is 0 Å². The summed E-state index contributed by atoms with van der Waals surface area (Å²) in [5.41, 5.74) is 0.0903. The van der Waals surface area contributed by atoms with E-state index in [9.17, 15) is 9.18 Å². The van der Waals surface area contributed by atoms with Crippen molar-refractivity contribution in [3.8, 4) is 0 Å². The molecule has 1 aromatic carbocycles. The lowest BCUT2D eigenvalue weighted by molar-refractivity contribution is 0.0636. The van der Waals surface area contributed by atoms with Gasteiger partial charge in [0.05, 0.1) is 12.2 Å². The van der Waals surface area contributed by atoms with Crippen LogP contribution in [-0.2, 0) is 11.3 Å². The van der Waals surface area contributed by atoms with Crippen LogP contribution in [0.2, 0.25) is 0 Å². The van der Waals surface area contributed by atoms with E-state index in [1.54, 1.807) is 32.9 Å². The molecular weight excluding hydrogens is 367 g/mol. The lowest BCUT2D eigenvalue weighted by Crippen LogP contribution is -2.27. The minimum atomic E-state index is -0.599. The van der Waals surface area contributed by atoms with Gasteiger partial charge in [-0.3, -0.25) is 5.32 Å². The highest BCUT2D eigenvalue weighted by molar-refractivity contribution is 9.10. The highest BCUT2D eigenvalue weighted by Crippen LogP contribution is 2.22. The van der Waals surface area contributed by atoms with Crippen LogP contribution >= 0.6 is 15.9 Å². The number of carbonyl (C=O) groups excluding carboxylic acids is 1. The van der Waals surface area contributed by atoms with Crippen LogP contribution in [0.25, 0.3) is 0 Å². The highest BCUT2D eigenvalue weighted by atomic mass is 79.9. The number of rotatable bonds is 4. The van der Waals surface area contributed by atoms with Crippen LogP contribution in [0, 0.1) is 5.82 Å². The molecule has 23 heavy (non-hydrogen) atoms. The first-order valence-electron chi connectivity index (χ1n) is 7.00. The number of anilines is 2. The Hall–Kier alpha value is -2.02. The normalized spacial score (nSPS) is 11.2. The molecule has 1 aromatic heterocycles. The van der Waals surface area contributed by atoms with E-state index in [2.05, 4.69) is 26.6 Å². The summed E-state index contributed by atoms with van der Waals surface area (Å²) in [7, 11) is 0. The van der Waals surface area contributed by atoms with Crippen LogP contribution in [0.15, 0.2) is 39.4 Å². The second kappa shape index (κ2) is 7.04. The number of amides is 1. The van der Waals surface area contributed by atoms with Gasteiger partial charge in [0.25, 0.3) is 0 Å². The first kappa shape index (κ1) is 17.3. The quantitative estimate of drug-likeness (QED) is 0.765. The molecule has 2 rings (SSSR count). The molecule has 1 heterocycles. The monoisotopic (exact) mass is 384 g/mol. The van der Waals surface area contributed by atoms with Crippen molar-refractivity contribution in [1.29, 1.82) is 0 Å². The molecule has 0 bridgehead atoms. The summed E-state index contributed by atoms with van der Waals surface area (Å²) < 4.78 is 24.9. The Bertz CT molecular complexity index is 695. The van der Waals surface area contributed by atoms with Crippen LogP contribution in [0.1, 0.15) is 26.5 Å². The Balaban J connectivity index is 2.02. The Labute approximate surface area is 142 Å². The van der Waals surface area contributed by atoms with E-state index >= 15 is 0 Å². The largest absolute Gasteiger partial charge is 0.452 e. The molecular formula is C16H18BrFN2O3. The van der Waals surface area contributed by atoms with Crippen LogP contribution in [0.5, 0.6) is 0 Å². The second-order valence-electron chi connectivity index (χ2n) is 5.88. The van der Waals surface area contributed by atoms with Crippen LogP contribution in [-0.4, -0.2) is 11.7 Å². The van der Waals surface area contributed by atoms with Crippen molar-refractivity contribution in [1.82, 2.24) is 0 Å². The molecule has 0 aliphatic heterocycles. The van der Waals surface area contributed by atoms with E-state index in [-0.39, 0.29) is 5.69 Å². The summed E-state index contributed by atoms with van der Waals surface area (Å²) in [5.74, 6) is 0.229. The van der Waals surface area contributed by atoms with Gasteiger partial charge in [-0.05, 0) is 67.0 Å². The molecule has 7 heteroatoms. The number of carbonyl (C=O) groups is 1. The Morgan fingerprint density at radius 3 is 2.65 bits per heavy atom. The molecule has 0 saturated carbocycles. The third kappa shape index (κ3) is 5.59. The number of furan rings is 1. The molecule has 0 unspecified atom stereocenters. The average Bonchev–Trinajstić information content (AvgIpc) is 2.83.